The summed E-state index contributed by atoms with van der Waals surface area (Å²) in [5.41, 5.74) is 5.98. The van der Waals surface area contributed by atoms with Crippen LogP contribution in [0.3, 0.4) is 0 Å². The first-order chi connectivity index (χ1) is 20.5. The molecule has 2 amide bonds. The highest BCUT2D eigenvalue weighted by Crippen LogP contribution is 2.21. The van der Waals surface area contributed by atoms with Gasteiger partial charge in [0.1, 0.15) is 6.04 Å². The highest BCUT2D eigenvalue weighted by atomic mass is 35.5. The summed E-state index contributed by atoms with van der Waals surface area (Å²) in [7, 11) is -8.04. The number of hydrogen-bond acceptors (Lipinski definition) is 7. The van der Waals surface area contributed by atoms with E-state index in [0.717, 1.165) is 10.9 Å². The number of aromatic nitrogens is 1. The van der Waals surface area contributed by atoms with E-state index in [-0.39, 0.29) is 48.1 Å². The van der Waals surface area contributed by atoms with Crippen molar-refractivity contribution in [2.45, 2.75) is 22.3 Å². The zero-order valence-corrected chi connectivity index (χ0v) is 25.0. The van der Waals surface area contributed by atoms with Gasteiger partial charge in [-0.3, -0.25) is 20.4 Å². The van der Waals surface area contributed by atoms with Crippen molar-refractivity contribution >= 4 is 54.4 Å². The number of nitrogens with zero attached hydrogens (tertiary/aromatic N) is 1. The van der Waals surface area contributed by atoms with E-state index in [4.69, 9.17) is 16.3 Å². The lowest BCUT2D eigenvalue weighted by Gasteiger charge is -2.26. The van der Waals surface area contributed by atoms with Gasteiger partial charge in [0.15, 0.2) is 0 Å². The second-order valence-corrected chi connectivity index (χ2v) is 13.8. The molecule has 0 bridgehead atoms. The van der Waals surface area contributed by atoms with Gasteiger partial charge in [0.2, 0.25) is 20.0 Å². The maximum atomic E-state index is 13.3. The van der Waals surface area contributed by atoms with Crippen molar-refractivity contribution in [3.63, 3.8) is 0 Å². The smallest absolute Gasteiger partial charge is 0.269 e. The number of morpholine rings is 1. The zero-order chi connectivity index (χ0) is 30.6. The van der Waals surface area contributed by atoms with Crippen LogP contribution in [0.5, 0.6) is 0 Å². The molecule has 0 spiro atoms. The Balaban J connectivity index is 1.34. The first kappa shape index (κ1) is 30.7. The molecule has 15 heteroatoms. The van der Waals surface area contributed by atoms with Gasteiger partial charge in [-0.15, -0.1) is 0 Å². The number of hydrogen-bond donors (Lipinski definition) is 4. The highest BCUT2D eigenvalue weighted by Gasteiger charge is 2.29. The normalized spacial score (nSPS) is 15.2. The van der Waals surface area contributed by atoms with Gasteiger partial charge in [0.05, 0.1) is 23.0 Å². The van der Waals surface area contributed by atoms with E-state index in [1.807, 2.05) is 24.3 Å². The van der Waals surface area contributed by atoms with Crippen molar-refractivity contribution in [3.8, 4) is 0 Å². The molecule has 1 aliphatic rings. The molecule has 2 heterocycles. The van der Waals surface area contributed by atoms with E-state index in [2.05, 4.69) is 20.6 Å². The monoisotopic (exact) mass is 645 g/mol. The molecule has 12 nitrogen and oxygen atoms in total. The van der Waals surface area contributed by atoms with Gasteiger partial charge in [-0.05, 0) is 60.5 Å². The number of benzene rings is 3. The number of halogens is 1. The minimum atomic E-state index is -4.17. The summed E-state index contributed by atoms with van der Waals surface area (Å²) < 4.78 is 61.3. The third-order valence-electron chi connectivity index (χ3n) is 6.84. The third-order valence-corrected chi connectivity index (χ3v) is 10.5. The molecule has 1 atom stereocenters. The van der Waals surface area contributed by atoms with Crippen molar-refractivity contribution in [1.29, 1.82) is 0 Å². The van der Waals surface area contributed by atoms with Gasteiger partial charge in [-0.25, -0.2) is 16.8 Å². The number of fused-ring (bicyclic) bond motifs is 1. The molecule has 1 fully saturated rings. The van der Waals surface area contributed by atoms with Gasteiger partial charge in [-0.1, -0.05) is 35.9 Å². The number of para-hydroxylation sites is 1. The Labute approximate surface area is 253 Å². The van der Waals surface area contributed by atoms with Crippen LogP contribution in [0.4, 0.5) is 0 Å². The quantitative estimate of drug-likeness (QED) is 0.202. The molecule has 1 aromatic heterocycles. The molecule has 43 heavy (non-hydrogen) atoms. The molecule has 1 saturated heterocycles. The van der Waals surface area contributed by atoms with E-state index in [0.29, 0.717) is 10.6 Å². The van der Waals surface area contributed by atoms with Crippen LogP contribution in [0.2, 0.25) is 5.02 Å². The number of amides is 2. The van der Waals surface area contributed by atoms with Gasteiger partial charge in [-0.2, -0.15) is 9.03 Å². The summed E-state index contributed by atoms with van der Waals surface area (Å²) in [6.07, 6.45) is 1.63. The second-order valence-electron chi connectivity index (χ2n) is 9.68. The number of ether oxygens (including phenoxy) is 1. The average molecular weight is 646 g/mol. The van der Waals surface area contributed by atoms with Crippen molar-refractivity contribution in [1.82, 2.24) is 24.9 Å². The number of hydrazine groups is 1. The van der Waals surface area contributed by atoms with Crippen LogP contribution in [-0.2, 0) is 36.0 Å². The highest BCUT2D eigenvalue weighted by molar-refractivity contribution is 7.89. The molecular weight excluding hydrogens is 618 g/mol. The SMILES string of the molecule is O=C(NNC(=O)[C@@H](Cc1c[nH]c2ccccc12)NS(=O)(=O)c1ccc(Cl)cc1)c1cccc(S(=O)(=O)N2CCOCC2)c1. The molecule has 4 N–H and O–H groups in total. The first-order valence-corrected chi connectivity index (χ1v) is 16.5. The Morgan fingerprint density at radius 2 is 1.63 bits per heavy atom. The molecule has 0 unspecified atom stereocenters. The van der Waals surface area contributed by atoms with Crippen LogP contribution in [0.1, 0.15) is 15.9 Å². The minimum absolute atomic E-state index is 0.0236. The number of rotatable bonds is 9. The minimum Gasteiger partial charge on any atom is -0.379 e. The second kappa shape index (κ2) is 12.8. The number of carbonyl (C=O) groups is 2. The molecule has 0 radical (unpaired) electrons. The van der Waals surface area contributed by atoms with Crippen molar-refractivity contribution < 1.29 is 31.2 Å². The molecular formula is C28H28ClN5O7S2. The van der Waals surface area contributed by atoms with E-state index in [9.17, 15) is 26.4 Å². The van der Waals surface area contributed by atoms with Gasteiger partial charge in [0.25, 0.3) is 11.8 Å². The van der Waals surface area contributed by atoms with E-state index in [1.54, 1.807) is 6.20 Å². The topological polar surface area (TPSA) is 167 Å². The Morgan fingerprint density at radius 1 is 0.907 bits per heavy atom. The van der Waals surface area contributed by atoms with Gasteiger partial charge in [0, 0.05) is 40.8 Å². The van der Waals surface area contributed by atoms with Crippen molar-refractivity contribution in [2.75, 3.05) is 26.3 Å². The Morgan fingerprint density at radius 3 is 2.37 bits per heavy atom. The van der Waals surface area contributed by atoms with Crippen LogP contribution in [0.25, 0.3) is 10.9 Å². The Hall–Kier alpha value is -3.79. The summed E-state index contributed by atoms with van der Waals surface area (Å²) in [5.74, 6) is -1.63. The van der Waals surface area contributed by atoms with Crippen LogP contribution < -0.4 is 15.6 Å². The van der Waals surface area contributed by atoms with Crippen molar-refractivity contribution in [2.24, 2.45) is 0 Å². The number of nitrogens with one attached hydrogen (secondary N) is 4. The number of sulfonamides is 2. The third kappa shape index (κ3) is 7.06. The molecule has 1 aliphatic heterocycles. The van der Waals surface area contributed by atoms with Gasteiger partial charge >= 0.3 is 0 Å². The molecule has 3 aromatic carbocycles. The maximum Gasteiger partial charge on any atom is 0.269 e. The average Bonchev–Trinajstić information content (AvgIpc) is 3.42. The standard InChI is InChI=1S/C28H28ClN5O7S2/c29-21-8-10-22(11-9-21)42(37,38)33-26(17-20-18-30-25-7-2-1-6-24(20)25)28(36)32-31-27(35)19-4-3-5-23(16-19)43(39,40)34-12-14-41-15-13-34/h1-11,16,18,26,30,33H,12-15,17H2,(H,31,35)(H,32,36)/t26-/m1/s1. The van der Waals surface area contributed by atoms with Crippen LogP contribution in [0, 0.1) is 0 Å². The van der Waals surface area contributed by atoms with Crippen molar-refractivity contribution in [3.05, 3.63) is 95.1 Å². The Bertz CT molecular complexity index is 1860. The molecule has 0 aliphatic carbocycles. The molecule has 4 aromatic rings. The summed E-state index contributed by atoms with van der Waals surface area (Å²) in [6.45, 7) is 0.928. The summed E-state index contributed by atoms with van der Waals surface area (Å²) >= 11 is 5.90. The fourth-order valence-electron chi connectivity index (χ4n) is 4.59. The van der Waals surface area contributed by atoms with Gasteiger partial charge < -0.3 is 9.72 Å². The van der Waals surface area contributed by atoms with E-state index < -0.39 is 37.9 Å². The molecule has 226 valence electrons. The summed E-state index contributed by atoms with van der Waals surface area (Å²) in [5, 5.41) is 1.14. The zero-order valence-electron chi connectivity index (χ0n) is 22.6. The van der Waals surface area contributed by atoms with E-state index in [1.165, 1.54) is 52.8 Å². The number of aromatic amines is 1. The lowest BCUT2D eigenvalue weighted by molar-refractivity contribution is -0.123. The van der Waals surface area contributed by atoms with Crippen LogP contribution in [0.15, 0.2) is 88.8 Å². The first-order valence-electron chi connectivity index (χ1n) is 13.2. The summed E-state index contributed by atoms with van der Waals surface area (Å²) in [6, 6.07) is 16.9. The largest absolute Gasteiger partial charge is 0.379 e. The molecule has 5 rings (SSSR count). The maximum absolute atomic E-state index is 13.3. The van der Waals surface area contributed by atoms with E-state index >= 15 is 0 Å². The predicted molar refractivity (Wildman–Crippen MR) is 159 cm³/mol. The number of carbonyl (C=O) groups excluding carboxylic acids is 2. The lowest BCUT2D eigenvalue weighted by atomic mass is 10.1. The fraction of sp³-hybridized carbons (Fsp3) is 0.214. The Kier molecular flexibility index (Phi) is 9.15. The predicted octanol–water partition coefficient (Wildman–Crippen LogP) is 2.19. The fourth-order valence-corrected chi connectivity index (χ4v) is 7.36. The number of H-pyrrole nitrogens is 1. The lowest BCUT2D eigenvalue weighted by Crippen LogP contribution is -2.53. The summed E-state index contributed by atoms with van der Waals surface area (Å²) in [4.78, 5) is 29.2. The molecule has 0 saturated carbocycles. The van der Waals surface area contributed by atoms with Crippen LogP contribution in [-0.4, -0.2) is 70.3 Å². The van der Waals surface area contributed by atoms with Crippen LogP contribution >= 0.6 is 11.6 Å².